The standard InChI is InChI=1S/C16H27N/c1-13(2)8-7-10-15(12-17-4)16-11-6-5-9-14(16)3/h5-6,9,11,13,15,17H,7-8,10,12H2,1-4H3. The minimum absolute atomic E-state index is 0.667. The van der Waals surface area contributed by atoms with Crippen LogP contribution in [0.3, 0.4) is 0 Å². The molecule has 1 rings (SSSR count). The fraction of sp³-hybridized carbons (Fsp3) is 0.625. The van der Waals surface area contributed by atoms with E-state index in [9.17, 15) is 0 Å². The van der Waals surface area contributed by atoms with E-state index in [2.05, 4.69) is 50.4 Å². The van der Waals surface area contributed by atoms with E-state index in [0.717, 1.165) is 12.5 Å². The second kappa shape index (κ2) is 7.50. The highest BCUT2D eigenvalue weighted by Gasteiger charge is 2.12. The zero-order chi connectivity index (χ0) is 12.7. The highest BCUT2D eigenvalue weighted by Crippen LogP contribution is 2.25. The van der Waals surface area contributed by atoms with E-state index in [0.29, 0.717) is 5.92 Å². The lowest BCUT2D eigenvalue weighted by atomic mass is 9.89. The average Bonchev–Trinajstić information content (AvgIpc) is 2.28. The van der Waals surface area contributed by atoms with Crippen molar-refractivity contribution in [2.75, 3.05) is 13.6 Å². The molecule has 1 unspecified atom stereocenters. The molecule has 1 N–H and O–H groups in total. The lowest BCUT2D eigenvalue weighted by Crippen LogP contribution is -2.18. The van der Waals surface area contributed by atoms with Crippen molar-refractivity contribution in [3.63, 3.8) is 0 Å². The van der Waals surface area contributed by atoms with Crippen LogP contribution in [-0.2, 0) is 0 Å². The van der Waals surface area contributed by atoms with Crippen LogP contribution >= 0.6 is 0 Å². The van der Waals surface area contributed by atoms with Crippen molar-refractivity contribution < 1.29 is 0 Å². The van der Waals surface area contributed by atoms with E-state index >= 15 is 0 Å². The summed E-state index contributed by atoms with van der Waals surface area (Å²) in [4.78, 5) is 0. The van der Waals surface area contributed by atoms with Gasteiger partial charge in [-0.15, -0.1) is 0 Å². The lowest BCUT2D eigenvalue weighted by molar-refractivity contribution is 0.489. The van der Waals surface area contributed by atoms with Crippen LogP contribution in [0.4, 0.5) is 0 Å². The Kier molecular flexibility index (Phi) is 6.28. The van der Waals surface area contributed by atoms with Crippen LogP contribution < -0.4 is 5.32 Å². The summed E-state index contributed by atoms with van der Waals surface area (Å²) in [6, 6.07) is 8.80. The summed E-state index contributed by atoms with van der Waals surface area (Å²) in [5, 5.41) is 3.33. The van der Waals surface area contributed by atoms with Crippen LogP contribution in [0.25, 0.3) is 0 Å². The zero-order valence-electron chi connectivity index (χ0n) is 11.8. The largest absolute Gasteiger partial charge is 0.319 e. The third-order valence-electron chi connectivity index (χ3n) is 3.41. The van der Waals surface area contributed by atoms with E-state index in [1.165, 1.54) is 30.4 Å². The number of rotatable bonds is 7. The maximum atomic E-state index is 3.33. The van der Waals surface area contributed by atoms with Crippen molar-refractivity contribution in [2.45, 2.75) is 46.0 Å². The molecule has 0 aliphatic carbocycles. The maximum Gasteiger partial charge on any atom is 0.00172 e. The molecule has 0 amide bonds. The van der Waals surface area contributed by atoms with Gasteiger partial charge in [0.2, 0.25) is 0 Å². The molecule has 1 nitrogen and oxygen atoms in total. The van der Waals surface area contributed by atoms with Gasteiger partial charge in [0.1, 0.15) is 0 Å². The smallest absolute Gasteiger partial charge is 0.00172 e. The van der Waals surface area contributed by atoms with Crippen molar-refractivity contribution in [1.29, 1.82) is 0 Å². The molecule has 0 fully saturated rings. The van der Waals surface area contributed by atoms with Crippen LogP contribution in [0.1, 0.15) is 50.2 Å². The molecule has 0 heterocycles. The summed E-state index contributed by atoms with van der Waals surface area (Å²) < 4.78 is 0. The number of likely N-dealkylation sites (N-methyl/N-ethyl adjacent to an activating group) is 1. The number of hydrogen-bond donors (Lipinski definition) is 1. The van der Waals surface area contributed by atoms with Crippen molar-refractivity contribution in [1.82, 2.24) is 5.32 Å². The summed E-state index contributed by atoms with van der Waals surface area (Å²) in [7, 11) is 2.05. The summed E-state index contributed by atoms with van der Waals surface area (Å²) in [6.45, 7) is 7.92. The topological polar surface area (TPSA) is 12.0 Å². The van der Waals surface area contributed by atoms with E-state index < -0.39 is 0 Å². The fourth-order valence-corrected chi connectivity index (χ4v) is 2.43. The Morgan fingerprint density at radius 2 is 1.82 bits per heavy atom. The molecule has 1 atom stereocenters. The first-order valence-electron chi connectivity index (χ1n) is 6.85. The van der Waals surface area contributed by atoms with Gasteiger partial charge in [0.05, 0.1) is 0 Å². The molecule has 0 aliphatic rings. The molecule has 1 heteroatoms. The van der Waals surface area contributed by atoms with Crippen LogP contribution in [-0.4, -0.2) is 13.6 Å². The highest BCUT2D eigenvalue weighted by molar-refractivity contribution is 5.29. The molecule has 0 saturated carbocycles. The Balaban J connectivity index is 2.62. The zero-order valence-corrected chi connectivity index (χ0v) is 11.8. The minimum atomic E-state index is 0.667. The maximum absolute atomic E-state index is 3.33. The fourth-order valence-electron chi connectivity index (χ4n) is 2.43. The molecule has 96 valence electrons. The monoisotopic (exact) mass is 233 g/mol. The minimum Gasteiger partial charge on any atom is -0.319 e. The first-order chi connectivity index (χ1) is 8.15. The summed E-state index contributed by atoms with van der Waals surface area (Å²) >= 11 is 0. The van der Waals surface area contributed by atoms with E-state index in [1.54, 1.807) is 0 Å². The van der Waals surface area contributed by atoms with E-state index in [1.807, 2.05) is 7.05 Å². The molecule has 0 aromatic heterocycles. The Morgan fingerprint density at radius 1 is 1.12 bits per heavy atom. The molecule has 17 heavy (non-hydrogen) atoms. The number of nitrogens with one attached hydrogen (secondary N) is 1. The number of aryl methyl sites for hydroxylation is 1. The van der Waals surface area contributed by atoms with Gasteiger partial charge in [-0.2, -0.15) is 0 Å². The van der Waals surface area contributed by atoms with Gasteiger partial charge < -0.3 is 5.32 Å². The number of hydrogen-bond acceptors (Lipinski definition) is 1. The normalized spacial score (nSPS) is 13.0. The first-order valence-corrected chi connectivity index (χ1v) is 6.85. The van der Waals surface area contributed by atoms with Crippen molar-refractivity contribution in [3.8, 4) is 0 Å². The van der Waals surface area contributed by atoms with Crippen LogP contribution in [0.2, 0.25) is 0 Å². The molecule has 1 aromatic carbocycles. The van der Waals surface area contributed by atoms with Crippen molar-refractivity contribution in [2.24, 2.45) is 5.92 Å². The van der Waals surface area contributed by atoms with Crippen molar-refractivity contribution >= 4 is 0 Å². The predicted octanol–water partition coefficient (Wildman–Crippen LogP) is 4.12. The molecular formula is C16H27N. The average molecular weight is 233 g/mol. The Bertz CT molecular complexity index is 317. The Labute approximate surface area is 107 Å². The lowest BCUT2D eigenvalue weighted by Gasteiger charge is -2.19. The molecule has 0 aliphatic heterocycles. The third-order valence-corrected chi connectivity index (χ3v) is 3.41. The van der Waals surface area contributed by atoms with Gasteiger partial charge in [0, 0.05) is 6.54 Å². The van der Waals surface area contributed by atoms with Gasteiger partial charge in [-0.3, -0.25) is 0 Å². The summed E-state index contributed by atoms with van der Waals surface area (Å²) in [5.74, 6) is 1.49. The molecule has 0 saturated heterocycles. The quantitative estimate of drug-likeness (QED) is 0.747. The van der Waals surface area contributed by atoms with Crippen LogP contribution in [0, 0.1) is 12.8 Å². The Hall–Kier alpha value is -0.820. The SMILES string of the molecule is CNCC(CCCC(C)C)c1ccccc1C. The van der Waals surface area contributed by atoms with Crippen molar-refractivity contribution in [3.05, 3.63) is 35.4 Å². The summed E-state index contributed by atoms with van der Waals surface area (Å²) in [5.41, 5.74) is 2.95. The van der Waals surface area contributed by atoms with Gasteiger partial charge in [-0.05, 0) is 43.4 Å². The van der Waals surface area contributed by atoms with Gasteiger partial charge in [0.15, 0.2) is 0 Å². The number of benzene rings is 1. The Morgan fingerprint density at radius 3 is 2.41 bits per heavy atom. The van der Waals surface area contributed by atoms with Gasteiger partial charge in [-0.1, -0.05) is 51.0 Å². The second-order valence-corrected chi connectivity index (χ2v) is 5.44. The van der Waals surface area contributed by atoms with Crippen LogP contribution in [0.5, 0.6) is 0 Å². The summed E-state index contributed by atoms with van der Waals surface area (Å²) in [6.07, 6.45) is 3.97. The van der Waals surface area contributed by atoms with Gasteiger partial charge in [-0.25, -0.2) is 0 Å². The second-order valence-electron chi connectivity index (χ2n) is 5.44. The van der Waals surface area contributed by atoms with Gasteiger partial charge in [0.25, 0.3) is 0 Å². The third kappa shape index (κ3) is 4.91. The molecule has 0 spiro atoms. The highest BCUT2D eigenvalue weighted by atomic mass is 14.8. The molecule has 1 aromatic rings. The van der Waals surface area contributed by atoms with Crippen LogP contribution in [0.15, 0.2) is 24.3 Å². The molecule has 0 bridgehead atoms. The van der Waals surface area contributed by atoms with E-state index in [-0.39, 0.29) is 0 Å². The molecule has 0 radical (unpaired) electrons. The predicted molar refractivity (Wildman–Crippen MR) is 76.5 cm³/mol. The first kappa shape index (κ1) is 14.2. The van der Waals surface area contributed by atoms with E-state index in [4.69, 9.17) is 0 Å². The van der Waals surface area contributed by atoms with Gasteiger partial charge >= 0.3 is 0 Å². The molecular weight excluding hydrogens is 206 g/mol.